The van der Waals surface area contributed by atoms with Gasteiger partial charge in [-0.15, -0.1) is 12.4 Å². The van der Waals surface area contributed by atoms with Crippen LogP contribution in [-0.4, -0.2) is 117 Å². The molecule has 0 saturated carbocycles. The minimum Gasteiger partial charge on any atom is -0.412 e. The molecule has 0 radical (unpaired) electrons. The van der Waals surface area contributed by atoms with Crippen LogP contribution in [0.5, 0.6) is 0 Å². The van der Waals surface area contributed by atoms with Crippen molar-refractivity contribution in [2.75, 3.05) is 59.1 Å². The maximum atomic E-state index is 12.4. The summed E-state index contributed by atoms with van der Waals surface area (Å²) in [5.41, 5.74) is 5.82. The van der Waals surface area contributed by atoms with E-state index in [4.69, 9.17) is 21.1 Å². The summed E-state index contributed by atoms with van der Waals surface area (Å²) in [7, 11) is 0. The number of hydrogen-bond donors (Lipinski definition) is 4. The lowest BCUT2D eigenvalue weighted by Gasteiger charge is -2.21. The Morgan fingerprint density at radius 3 is 1.54 bits per heavy atom. The Hall–Kier alpha value is -1.73. The molecule has 0 spiro atoms. The first kappa shape index (κ1) is 26.3. The van der Waals surface area contributed by atoms with Crippen molar-refractivity contribution in [1.82, 2.24) is 14.7 Å². The number of carbonyl (C=O) groups excluding carboxylic acids is 2. The number of nitrogens with zero attached hydrogens (tertiary/aromatic N) is 3. The van der Waals surface area contributed by atoms with Crippen LogP contribution in [0.1, 0.15) is 0 Å². The first-order valence-corrected chi connectivity index (χ1v) is 8.35. The maximum absolute atomic E-state index is 12.4. The van der Waals surface area contributed by atoms with Crippen molar-refractivity contribution in [2.45, 2.75) is 5.54 Å². The second-order valence-electron chi connectivity index (χ2n) is 6.72. The molecule has 0 amide bonds. The number of carbonyl (C=O) groups is 2. The lowest BCUT2D eigenvalue weighted by Crippen LogP contribution is -2.50. The Labute approximate surface area is 168 Å². The normalized spacial score (nSPS) is 19.6. The molecule has 1 aliphatic carbocycles. The standard InChI is InChI=1S/C12H13N3O2.C4H11NO3.ClH.2H2O/c16-9-7-8(13-1-2-13)12(17)11(15-5-6-15)10(9)14-3-4-14;5-4(1-6,2-7)3-8;;;/h7H,1-6H2;6-8H,1-3,5H2;1H;2*1H2. The minimum atomic E-state index is -1.21. The van der Waals surface area contributed by atoms with Gasteiger partial charge in [0.1, 0.15) is 11.4 Å². The molecular formula is C16H29ClN4O7. The van der Waals surface area contributed by atoms with Gasteiger partial charge in [-0.1, -0.05) is 0 Å². The Kier molecular flexibility index (Phi) is 9.54. The average Bonchev–Trinajstić information content (AvgIpc) is 3.47. The van der Waals surface area contributed by atoms with Crippen LogP contribution >= 0.6 is 12.4 Å². The fraction of sp³-hybridized carbons (Fsp3) is 0.625. The Balaban J connectivity index is 0.000000585. The molecule has 12 heteroatoms. The van der Waals surface area contributed by atoms with Crippen molar-refractivity contribution in [3.05, 3.63) is 23.2 Å². The molecule has 0 bridgehead atoms. The van der Waals surface area contributed by atoms with Crippen molar-refractivity contribution < 1.29 is 35.9 Å². The third-order valence-electron chi connectivity index (χ3n) is 4.43. The largest absolute Gasteiger partial charge is 0.412 e. The number of ketones is 2. The van der Waals surface area contributed by atoms with Crippen LogP contribution in [0.3, 0.4) is 0 Å². The van der Waals surface area contributed by atoms with Crippen LogP contribution < -0.4 is 5.73 Å². The molecule has 0 atom stereocenters. The summed E-state index contributed by atoms with van der Waals surface area (Å²) in [5, 5.41) is 25.0. The zero-order valence-electron chi connectivity index (χ0n) is 15.4. The van der Waals surface area contributed by atoms with E-state index in [-0.39, 0.29) is 34.9 Å². The fourth-order valence-electron chi connectivity index (χ4n) is 2.43. The number of Topliss-reactive ketones (excluding diaryl/α,β-unsaturated/α-hetero) is 1. The van der Waals surface area contributed by atoms with E-state index in [1.807, 2.05) is 14.7 Å². The van der Waals surface area contributed by atoms with Gasteiger partial charge in [-0.05, 0) is 0 Å². The van der Waals surface area contributed by atoms with Crippen molar-refractivity contribution in [3.8, 4) is 0 Å². The van der Waals surface area contributed by atoms with E-state index in [1.54, 1.807) is 0 Å². The number of rotatable bonds is 6. The first-order chi connectivity index (χ1) is 11.9. The van der Waals surface area contributed by atoms with Gasteiger partial charge < -0.3 is 46.7 Å². The van der Waals surface area contributed by atoms with Gasteiger partial charge in [0.15, 0.2) is 0 Å². The van der Waals surface area contributed by atoms with E-state index in [2.05, 4.69) is 0 Å². The zero-order valence-corrected chi connectivity index (χ0v) is 16.2. The minimum absolute atomic E-state index is 0. The lowest BCUT2D eigenvalue weighted by molar-refractivity contribution is -0.117. The molecular weight excluding hydrogens is 396 g/mol. The molecule has 9 N–H and O–H groups in total. The number of aliphatic hydroxyl groups excluding tert-OH is 3. The van der Waals surface area contributed by atoms with Gasteiger partial charge in [-0.2, -0.15) is 0 Å². The molecule has 0 aromatic carbocycles. The van der Waals surface area contributed by atoms with Gasteiger partial charge in [-0.25, -0.2) is 0 Å². The smallest absolute Gasteiger partial charge is 0.227 e. The molecule has 162 valence electrons. The molecule has 28 heavy (non-hydrogen) atoms. The van der Waals surface area contributed by atoms with Crippen molar-refractivity contribution in [2.24, 2.45) is 5.73 Å². The topological polar surface area (TPSA) is 193 Å². The average molecular weight is 425 g/mol. The highest BCUT2D eigenvalue weighted by molar-refractivity contribution is 6.22. The van der Waals surface area contributed by atoms with E-state index in [0.29, 0.717) is 17.1 Å². The summed E-state index contributed by atoms with van der Waals surface area (Å²) in [5.74, 6) is 0.0485. The highest BCUT2D eigenvalue weighted by Gasteiger charge is 2.43. The predicted molar refractivity (Wildman–Crippen MR) is 102 cm³/mol. The molecule has 11 nitrogen and oxygen atoms in total. The summed E-state index contributed by atoms with van der Waals surface area (Å²) in [6.45, 7) is 4.20. The highest BCUT2D eigenvalue weighted by Crippen LogP contribution is 2.33. The van der Waals surface area contributed by atoms with Crippen molar-refractivity contribution in [3.63, 3.8) is 0 Å². The molecule has 0 aromatic heterocycles. The summed E-state index contributed by atoms with van der Waals surface area (Å²) in [6.07, 6.45) is 1.52. The highest BCUT2D eigenvalue weighted by atomic mass is 35.5. The van der Waals surface area contributed by atoms with Gasteiger partial charge in [-0.3, -0.25) is 9.59 Å². The monoisotopic (exact) mass is 424 g/mol. The first-order valence-electron chi connectivity index (χ1n) is 8.35. The molecule has 3 fully saturated rings. The Morgan fingerprint density at radius 2 is 1.21 bits per heavy atom. The van der Waals surface area contributed by atoms with Gasteiger partial charge in [0, 0.05) is 45.3 Å². The summed E-state index contributed by atoms with van der Waals surface area (Å²) < 4.78 is 0. The van der Waals surface area contributed by atoms with Gasteiger partial charge in [0.2, 0.25) is 11.6 Å². The van der Waals surface area contributed by atoms with Gasteiger partial charge >= 0.3 is 0 Å². The molecule has 4 rings (SSSR count). The molecule has 4 aliphatic rings. The molecule has 0 unspecified atom stereocenters. The van der Waals surface area contributed by atoms with E-state index in [0.717, 1.165) is 39.3 Å². The maximum Gasteiger partial charge on any atom is 0.227 e. The Bertz CT molecular complexity index is 631. The van der Waals surface area contributed by atoms with Gasteiger partial charge in [0.25, 0.3) is 0 Å². The van der Waals surface area contributed by atoms with E-state index >= 15 is 0 Å². The second-order valence-corrected chi connectivity index (χ2v) is 6.72. The van der Waals surface area contributed by atoms with Crippen LogP contribution in [0.2, 0.25) is 0 Å². The Morgan fingerprint density at radius 1 is 0.821 bits per heavy atom. The molecule has 3 heterocycles. The lowest BCUT2D eigenvalue weighted by atomic mass is 10.0. The summed E-state index contributed by atoms with van der Waals surface area (Å²) in [6, 6.07) is 0. The number of hydrogen-bond acceptors (Lipinski definition) is 9. The number of nitrogens with two attached hydrogens (primary N) is 1. The van der Waals surface area contributed by atoms with Crippen LogP contribution in [0.25, 0.3) is 0 Å². The number of halogens is 1. The molecule has 3 saturated heterocycles. The number of allylic oxidation sites excluding steroid dienone is 1. The van der Waals surface area contributed by atoms with E-state index in [1.165, 1.54) is 6.08 Å². The summed E-state index contributed by atoms with van der Waals surface area (Å²) in [4.78, 5) is 30.5. The summed E-state index contributed by atoms with van der Waals surface area (Å²) >= 11 is 0. The number of aliphatic hydroxyl groups is 3. The van der Waals surface area contributed by atoms with E-state index < -0.39 is 25.4 Å². The van der Waals surface area contributed by atoms with E-state index in [9.17, 15) is 9.59 Å². The zero-order chi connectivity index (χ0) is 18.2. The predicted octanol–water partition coefficient (Wildman–Crippen LogP) is -4.39. The van der Waals surface area contributed by atoms with Gasteiger partial charge in [0.05, 0.1) is 31.1 Å². The van der Waals surface area contributed by atoms with Crippen LogP contribution in [-0.2, 0) is 9.59 Å². The van der Waals surface area contributed by atoms with Crippen molar-refractivity contribution >= 4 is 24.0 Å². The van der Waals surface area contributed by atoms with Crippen LogP contribution in [0.15, 0.2) is 23.2 Å². The fourth-order valence-corrected chi connectivity index (χ4v) is 2.43. The van der Waals surface area contributed by atoms with Crippen molar-refractivity contribution in [1.29, 1.82) is 0 Å². The van der Waals surface area contributed by atoms with Crippen LogP contribution in [0.4, 0.5) is 0 Å². The quantitative estimate of drug-likeness (QED) is 0.240. The second kappa shape index (κ2) is 10.2. The third-order valence-corrected chi connectivity index (χ3v) is 4.43. The SMILES string of the molecule is Cl.NC(CO)(CO)CO.O.O.O=C1C=C(N2CC2)C(=O)C(N2CC2)=C1N1CC1. The van der Waals surface area contributed by atoms with Crippen LogP contribution in [0, 0.1) is 0 Å². The molecule has 3 aliphatic heterocycles. The molecule has 0 aromatic rings. The third kappa shape index (κ3) is 5.64.